The molecule has 7 nitrogen and oxygen atoms in total. The Morgan fingerprint density at radius 2 is 1.50 bits per heavy atom. The fourth-order valence-electron chi connectivity index (χ4n) is 2.83. The van der Waals surface area contributed by atoms with E-state index in [0.29, 0.717) is 6.42 Å². The van der Waals surface area contributed by atoms with Crippen LogP contribution in [0.25, 0.3) is 0 Å². The average Bonchev–Trinajstić information content (AvgIpc) is 2.71. The summed E-state index contributed by atoms with van der Waals surface area (Å²) >= 11 is 0. The van der Waals surface area contributed by atoms with E-state index in [4.69, 9.17) is 20.3 Å². The smallest absolute Gasteiger partial charge is 0.326 e. The maximum Gasteiger partial charge on any atom is 0.326 e. The largest absolute Gasteiger partial charge is 0.480 e. The maximum atomic E-state index is 10.8. The van der Waals surface area contributed by atoms with E-state index < -0.39 is 12.0 Å². The lowest BCUT2D eigenvalue weighted by molar-refractivity contribution is -0.141. The summed E-state index contributed by atoms with van der Waals surface area (Å²) in [7, 11) is 3.20. The number of rotatable bonds is 9. The molecular weight excluding hydrogens is 384 g/mol. The van der Waals surface area contributed by atoms with Gasteiger partial charge in [0, 0.05) is 27.6 Å². The van der Waals surface area contributed by atoms with Gasteiger partial charge in [-0.25, -0.2) is 4.79 Å². The second-order valence-corrected chi connectivity index (χ2v) is 6.97. The number of amides is 1. The van der Waals surface area contributed by atoms with Gasteiger partial charge in [0.2, 0.25) is 5.91 Å². The number of carboxylic acids is 1. The van der Waals surface area contributed by atoms with Crippen molar-refractivity contribution in [3.63, 3.8) is 0 Å². The highest BCUT2D eigenvalue weighted by Crippen LogP contribution is 2.08. The third kappa shape index (κ3) is 9.65. The fraction of sp³-hybridized carbons (Fsp3) is 0.391. The van der Waals surface area contributed by atoms with E-state index in [1.807, 2.05) is 30.3 Å². The molecule has 30 heavy (non-hydrogen) atoms. The van der Waals surface area contributed by atoms with E-state index in [1.54, 1.807) is 14.2 Å². The van der Waals surface area contributed by atoms with Gasteiger partial charge >= 0.3 is 5.97 Å². The molecule has 0 saturated carbocycles. The number of carboxylic acid groups (broad SMARTS) is 1. The number of hydrogen-bond donors (Lipinski definition) is 3. The van der Waals surface area contributed by atoms with Gasteiger partial charge in [0.05, 0.1) is 6.04 Å². The van der Waals surface area contributed by atoms with Gasteiger partial charge in [-0.2, -0.15) is 0 Å². The number of carbonyl (C=O) groups excluding carboxylic acids is 1. The first-order valence-electron chi connectivity index (χ1n) is 9.67. The van der Waals surface area contributed by atoms with Crippen LogP contribution >= 0.6 is 0 Å². The fourth-order valence-corrected chi connectivity index (χ4v) is 2.83. The van der Waals surface area contributed by atoms with Gasteiger partial charge in [-0.15, -0.1) is 0 Å². The van der Waals surface area contributed by atoms with Crippen LogP contribution in [0.1, 0.15) is 23.6 Å². The first-order valence-corrected chi connectivity index (χ1v) is 9.67. The summed E-state index contributed by atoms with van der Waals surface area (Å²) in [4.78, 5) is 21.6. The van der Waals surface area contributed by atoms with E-state index in [-0.39, 0.29) is 18.2 Å². The van der Waals surface area contributed by atoms with E-state index in [2.05, 4.69) is 36.5 Å². The van der Waals surface area contributed by atoms with Crippen molar-refractivity contribution in [2.24, 2.45) is 5.73 Å². The van der Waals surface area contributed by atoms with Gasteiger partial charge in [0.25, 0.3) is 0 Å². The number of methoxy groups -OCH3 is 2. The van der Waals surface area contributed by atoms with Crippen LogP contribution in [0, 0.1) is 6.92 Å². The van der Waals surface area contributed by atoms with Gasteiger partial charge in [-0.1, -0.05) is 60.2 Å². The number of ether oxygens (including phenoxy) is 2. The van der Waals surface area contributed by atoms with Crippen molar-refractivity contribution < 1.29 is 24.2 Å². The molecule has 0 aliphatic carbocycles. The summed E-state index contributed by atoms with van der Waals surface area (Å²) in [6.07, 6.45) is 0.717. The van der Waals surface area contributed by atoms with Crippen molar-refractivity contribution in [2.45, 2.75) is 45.1 Å². The number of aliphatic carboxylic acids is 1. The Labute approximate surface area is 178 Å². The second-order valence-electron chi connectivity index (χ2n) is 6.97. The summed E-state index contributed by atoms with van der Waals surface area (Å²) in [6, 6.07) is 16.5. The monoisotopic (exact) mass is 416 g/mol. The Bertz CT molecular complexity index is 761. The summed E-state index contributed by atoms with van der Waals surface area (Å²) in [5, 5.41) is 11.3. The molecule has 0 saturated heterocycles. The first-order chi connectivity index (χ1) is 14.3. The molecule has 0 fully saturated rings. The standard InChI is InChI=1S/C12H19NO2.C11H13NO3/c1-9-4-6-10(7-5-9)8-11(13)12(14-2)15-3;1-8(13)12-10(11(14)15)7-9-5-3-2-4-6-9/h4-7,11-12H,8,13H2,1-3H3;2-6,10H,7H2,1H3,(H,12,13)(H,14,15)/t11-;10-/m01/s1. The predicted molar refractivity (Wildman–Crippen MR) is 116 cm³/mol. The zero-order chi connectivity index (χ0) is 22.5. The minimum absolute atomic E-state index is 0.136. The molecule has 0 bridgehead atoms. The van der Waals surface area contributed by atoms with Crippen LogP contribution in [-0.2, 0) is 31.9 Å². The van der Waals surface area contributed by atoms with Crippen LogP contribution in [0.4, 0.5) is 0 Å². The predicted octanol–water partition coefficient (Wildman–Crippen LogP) is 2.30. The van der Waals surface area contributed by atoms with Crippen molar-refractivity contribution >= 4 is 11.9 Å². The van der Waals surface area contributed by atoms with Crippen LogP contribution in [0.5, 0.6) is 0 Å². The zero-order valence-electron chi connectivity index (χ0n) is 18.0. The van der Waals surface area contributed by atoms with Crippen molar-refractivity contribution in [1.29, 1.82) is 0 Å². The number of nitrogens with one attached hydrogen (secondary N) is 1. The van der Waals surface area contributed by atoms with Crippen LogP contribution in [0.15, 0.2) is 54.6 Å². The number of carbonyl (C=O) groups is 2. The molecule has 0 unspecified atom stereocenters. The summed E-state index contributed by atoms with van der Waals surface area (Å²) in [6.45, 7) is 3.37. The molecule has 1 amide bonds. The van der Waals surface area contributed by atoms with Gasteiger partial charge < -0.3 is 25.6 Å². The van der Waals surface area contributed by atoms with Crippen molar-refractivity contribution in [1.82, 2.24) is 5.32 Å². The highest BCUT2D eigenvalue weighted by molar-refractivity contribution is 5.82. The summed E-state index contributed by atoms with van der Waals surface area (Å²) in [5.41, 5.74) is 9.30. The van der Waals surface area contributed by atoms with Crippen molar-refractivity contribution in [3.05, 3.63) is 71.3 Å². The zero-order valence-corrected chi connectivity index (χ0v) is 18.0. The lowest BCUT2D eigenvalue weighted by Crippen LogP contribution is -2.41. The Morgan fingerprint density at radius 3 is 1.97 bits per heavy atom. The normalized spacial score (nSPS) is 12.5. The van der Waals surface area contributed by atoms with Crippen LogP contribution in [0.3, 0.4) is 0 Å². The molecule has 164 valence electrons. The summed E-state index contributed by atoms with van der Waals surface area (Å²) < 4.78 is 10.2. The topological polar surface area (TPSA) is 111 Å². The number of hydrogen-bond acceptors (Lipinski definition) is 5. The molecule has 2 aromatic rings. The quantitative estimate of drug-likeness (QED) is 0.541. The molecule has 2 rings (SSSR count). The van der Waals surface area contributed by atoms with Gasteiger partial charge in [0.1, 0.15) is 6.04 Å². The first kappa shape index (κ1) is 25.3. The lowest BCUT2D eigenvalue weighted by Gasteiger charge is -2.20. The molecule has 4 N–H and O–H groups in total. The Kier molecular flexibility index (Phi) is 11.4. The minimum atomic E-state index is -1.02. The highest BCUT2D eigenvalue weighted by atomic mass is 16.7. The molecule has 0 spiro atoms. The van der Waals surface area contributed by atoms with E-state index in [1.165, 1.54) is 18.1 Å². The van der Waals surface area contributed by atoms with E-state index in [0.717, 1.165) is 12.0 Å². The van der Waals surface area contributed by atoms with Gasteiger partial charge in [-0.3, -0.25) is 4.79 Å². The number of aryl methyl sites for hydroxylation is 1. The molecule has 0 radical (unpaired) electrons. The SMILES string of the molecule is CC(=O)N[C@H](Cc1ccccc1)C(=O)O.COC(OC)[C@@H](N)Cc1ccc(C)cc1. The molecule has 2 aromatic carbocycles. The summed E-state index contributed by atoms with van der Waals surface area (Å²) in [5.74, 6) is -1.35. The van der Waals surface area contributed by atoms with Crippen molar-refractivity contribution in [3.8, 4) is 0 Å². The average molecular weight is 417 g/mol. The lowest BCUT2D eigenvalue weighted by atomic mass is 10.0. The van der Waals surface area contributed by atoms with E-state index >= 15 is 0 Å². The minimum Gasteiger partial charge on any atom is -0.480 e. The van der Waals surface area contributed by atoms with Gasteiger partial charge in [0.15, 0.2) is 6.29 Å². The van der Waals surface area contributed by atoms with E-state index in [9.17, 15) is 9.59 Å². The Hall–Kier alpha value is -2.74. The van der Waals surface area contributed by atoms with Gasteiger partial charge in [-0.05, 0) is 24.5 Å². The molecule has 7 heteroatoms. The highest BCUT2D eigenvalue weighted by Gasteiger charge is 2.18. The Balaban J connectivity index is 0.000000300. The third-order valence-electron chi connectivity index (χ3n) is 4.36. The molecule has 0 aliphatic heterocycles. The molecule has 2 atom stereocenters. The van der Waals surface area contributed by atoms with Crippen molar-refractivity contribution in [2.75, 3.05) is 14.2 Å². The molecule has 0 aliphatic rings. The number of nitrogens with two attached hydrogens (primary N) is 1. The third-order valence-corrected chi connectivity index (χ3v) is 4.36. The van der Waals surface area contributed by atoms with Crippen LogP contribution in [-0.4, -0.2) is 49.6 Å². The van der Waals surface area contributed by atoms with Crippen LogP contribution < -0.4 is 11.1 Å². The Morgan fingerprint density at radius 1 is 0.967 bits per heavy atom. The van der Waals surface area contributed by atoms with Crippen LogP contribution in [0.2, 0.25) is 0 Å². The molecular formula is C23H32N2O5. The molecule has 0 aromatic heterocycles. The second kappa shape index (κ2) is 13.5. The maximum absolute atomic E-state index is 10.8. The number of benzene rings is 2. The molecule has 0 heterocycles.